The molecule has 2 saturated heterocycles. The molecule has 1 amide bonds. The third-order valence-electron chi connectivity index (χ3n) is 8.01. The molecule has 0 aromatic carbocycles. The molecule has 36 heavy (non-hydrogen) atoms. The van der Waals surface area contributed by atoms with Gasteiger partial charge in [0.1, 0.15) is 30.2 Å². The van der Waals surface area contributed by atoms with Crippen molar-refractivity contribution in [2.24, 2.45) is 0 Å². The van der Waals surface area contributed by atoms with Crippen LogP contribution in [0.3, 0.4) is 0 Å². The summed E-state index contributed by atoms with van der Waals surface area (Å²) in [4.78, 5) is 35.4. The van der Waals surface area contributed by atoms with Gasteiger partial charge in [-0.05, 0) is 44.2 Å². The van der Waals surface area contributed by atoms with Crippen LogP contribution in [0.2, 0.25) is 0 Å². The molecule has 9 nitrogen and oxygen atoms in total. The first-order valence-electron chi connectivity index (χ1n) is 12.3. The summed E-state index contributed by atoms with van der Waals surface area (Å²) in [6.45, 7) is -0.113. The number of ether oxygens (including phenoxy) is 2. The van der Waals surface area contributed by atoms with Gasteiger partial charge in [0.25, 0.3) is 11.5 Å². The molecule has 1 N–H and O–H groups in total. The van der Waals surface area contributed by atoms with Crippen molar-refractivity contribution in [1.82, 2.24) is 18.9 Å². The number of aromatic nitrogens is 4. The molecule has 2 aliphatic heterocycles. The fraction of sp³-hybridized carbons (Fsp3) is 0.520. The quantitative estimate of drug-likeness (QED) is 0.539. The van der Waals surface area contributed by atoms with Crippen molar-refractivity contribution in [1.29, 1.82) is 0 Å². The van der Waals surface area contributed by atoms with E-state index in [1.54, 1.807) is 22.9 Å². The number of carbonyl (C=O) groups is 1. The molecule has 188 valence electrons. The van der Waals surface area contributed by atoms with Crippen LogP contribution < -0.4 is 15.6 Å². The standard InChI is InChI=1S/C25H25F2N5O4/c26-12-25-10-24(11-25,13-35-25)19-9-31-8-15(21(30-23(31)29-19)36-14-3-1-4-14)20(33)28-17-5-2-6-32(22(17)34)18-7-16(18)27/h2,5-6,8-9,14,16,18H,1,3-4,7,10-13H2,(H,28,33)/t16-,18+,24?,25?/m0/s1. The van der Waals surface area contributed by atoms with Gasteiger partial charge in [0.15, 0.2) is 0 Å². The molecule has 5 fully saturated rings. The lowest BCUT2D eigenvalue weighted by Gasteiger charge is -2.41. The van der Waals surface area contributed by atoms with Crippen LogP contribution in [0.15, 0.2) is 35.5 Å². The fourth-order valence-electron chi connectivity index (χ4n) is 5.62. The highest BCUT2D eigenvalue weighted by Gasteiger charge is 2.64. The van der Waals surface area contributed by atoms with Crippen LogP contribution in [0.1, 0.15) is 60.6 Å². The van der Waals surface area contributed by atoms with E-state index in [2.05, 4.69) is 15.3 Å². The molecule has 3 aliphatic carbocycles. The van der Waals surface area contributed by atoms with Gasteiger partial charge in [-0.3, -0.25) is 14.0 Å². The topological polar surface area (TPSA) is 99.8 Å². The summed E-state index contributed by atoms with van der Waals surface area (Å²) in [7, 11) is 0. The predicted octanol–water partition coefficient (Wildman–Crippen LogP) is 3.13. The zero-order chi connectivity index (χ0) is 24.7. The van der Waals surface area contributed by atoms with E-state index in [0.29, 0.717) is 31.6 Å². The molecular formula is C25H25F2N5O4. The second-order valence-corrected chi connectivity index (χ2v) is 10.6. The molecule has 2 bridgehead atoms. The average molecular weight is 498 g/mol. The van der Waals surface area contributed by atoms with E-state index in [4.69, 9.17) is 9.47 Å². The van der Waals surface area contributed by atoms with E-state index in [9.17, 15) is 18.4 Å². The zero-order valence-corrected chi connectivity index (χ0v) is 19.5. The smallest absolute Gasteiger partial charge is 0.274 e. The van der Waals surface area contributed by atoms with Gasteiger partial charge in [-0.25, -0.2) is 13.8 Å². The number of alkyl halides is 2. The van der Waals surface area contributed by atoms with E-state index in [0.717, 1.165) is 25.0 Å². The number of pyridine rings is 1. The maximum atomic E-state index is 13.5. The molecule has 5 heterocycles. The minimum absolute atomic E-state index is 0.0372. The summed E-state index contributed by atoms with van der Waals surface area (Å²) in [5.74, 6) is -0.0328. The van der Waals surface area contributed by atoms with Crippen molar-refractivity contribution < 1.29 is 23.0 Å². The number of hydrogen-bond acceptors (Lipinski definition) is 6. The number of nitrogens with one attached hydrogen (secondary N) is 1. The second-order valence-electron chi connectivity index (χ2n) is 10.6. The van der Waals surface area contributed by atoms with Gasteiger partial charge in [0.05, 0.1) is 23.9 Å². The van der Waals surface area contributed by atoms with Crippen LogP contribution in [0.25, 0.3) is 5.78 Å². The molecule has 8 rings (SSSR count). The summed E-state index contributed by atoms with van der Waals surface area (Å²) < 4.78 is 41.6. The molecular weight excluding hydrogens is 472 g/mol. The number of hydrogen-bond donors (Lipinski definition) is 1. The Morgan fingerprint density at radius 2 is 2.08 bits per heavy atom. The van der Waals surface area contributed by atoms with E-state index in [1.165, 1.54) is 16.8 Å². The molecule has 5 aliphatic rings. The lowest BCUT2D eigenvalue weighted by Crippen LogP contribution is -2.48. The summed E-state index contributed by atoms with van der Waals surface area (Å²) in [6, 6.07) is 2.61. The summed E-state index contributed by atoms with van der Waals surface area (Å²) in [5, 5.41) is 2.66. The molecule has 0 unspecified atom stereocenters. The fourth-order valence-corrected chi connectivity index (χ4v) is 5.62. The minimum Gasteiger partial charge on any atom is -0.474 e. The van der Waals surface area contributed by atoms with Crippen LogP contribution >= 0.6 is 0 Å². The minimum atomic E-state index is -1.05. The number of fused-ring (bicyclic) bond motifs is 2. The van der Waals surface area contributed by atoms with E-state index in [1.807, 2.05) is 0 Å². The van der Waals surface area contributed by atoms with Crippen molar-refractivity contribution in [2.45, 2.75) is 67.9 Å². The Morgan fingerprint density at radius 1 is 1.28 bits per heavy atom. The normalized spacial score (nSPS) is 30.6. The summed E-state index contributed by atoms with van der Waals surface area (Å²) in [5.41, 5.74) is -0.532. The highest BCUT2D eigenvalue weighted by molar-refractivity contribution is 6.05. The highest BCUT2D eigenvalue weighted by atomic mass is 19.1. The molecule has 3 saturated carbocycles. The van der Waals surface area contributed by atoms with Gasteiger partial charge in [0.2, 0.25) is 11.7 Å². The van der Waals surface area contributed by atoms with Crippen molar-refractivity contribution in [3.8, 4) is 5.88 Å². The number of amides is 1. The van der Waals surface area contributed by atoms with Crippen LogP contribution in [-0.4, -0.2) is 56.0 Å². The summed E-state index contributed by atoms with van der Waals surface area (Å²) in [6.07, 6.45) is 8.04. The number of halogens is 2. The van der Waals surface area contributed by atoms with Crippen LogP contribution in [0, 0.1) is 0 Å². The van der Waals surface area contributed by atoms with Crippen molar-refractivity contribution in [3.63, 3.8) is 0 Å². The van der Waals surface area contributed by atoms with E-state index >= 15 is 0 Å². The number of carbonyl (C=O) groups excluding carboxylic acids is 1. The Balaban J connectivity index is 1.22. The largest absolute Gasteiger partial charge is 0.474 e. The maximum Gasteiger partial charge on any atom is 0.274 e. The Labute approximate surface area is 204 Å². The lowest BCUT2D eigenvalue weighted by atomic mass is 9.61. The van der Waals surface area contributed by atoms with Crippen LogP contribution in [0.4, 0.5) is 14.5 Å². The van der Waals surface area contributed by atoms with Crippen molar-refractivity contribution >= 4 is 17.4 Å². The average Bonchev–Trinajstić information content (AvgIpc) is 3.17. The van der Waals surface area contributed by atoms with Gasteiger partial charge >= 0.3 is 0 Å². The predicted molar refractivity (Wildman–Crippen MR) is 124 cm³/mol. The monoisotopic (exact) mass is 497 g/mol. The molecule has 3 aromatic heterocycles. The van der Waals surface area contributed by atoms with Gasteiger partial charge in [-0.2, -0.15) is 4.98 Å². The molecule has 3 aromatic rings. The van der Waals surface area contributed by atoms with E-state index in [-0.39, 0.29) is 28.6 Å². The number of imidazole rings is 1. The second kappa shape index (κ2) is 7.58. The highest BCUT2D eigenvalue weighted by Crippen LogP contribution is 2.58. The van der Waals surface area contributed by atoms with E-state index < -0.39 is 36.0 Å². The third-order valence-corrected chi connectivity index (χ3v) is 8.01. The Bertz CT molecular complexity index is 1440. The van der Waals surface area contributed by atoms with Crippen LogP contribution in [0.5, 0.6) is 5.88 Å². The van der Waals surface area contributed by atoms with Gasteiger partial charge in [0, 0.05) is 30.4 Å². The number of rotatable bonds is 7. The first kappa shape index (κ1) is 21.9. The van der Waals surface area contributed by atoms with Crippen molar-refractivity contribution in [3.05, 3.63) is 52.3 Å². The van der Waals surface area contributed by atoms with Crippen molar-refractivity contribution in [2.75, 3.05) is 18.6 Å². The number of nitrogens with zero attached hydrogens (tertiary/aromatic N) is 4. The Morgan fingerprint density at radius 3 is 2.75 bits per heavy atom. The Kier molecular flexibility index (Phi) is 4.61. The van der Waals surface area contributed by atoms with Crippen LogP contribution in [-0.2, 0) is 10.2 Å². The molecule has 0 radical (unpaired) electrons. The first-order valence-corrected chi connectivity index (χ1v) is 12.3. The molecule has 2 atom stereocenters. The lowest BCUT2D eigenvalue weighted by molar-refractivity contribution is -0.0235. The third kappa shape index (κ3) is 3.28. The molecule has 11 heteroatoms. The summed E-state index contributed by atoms with van der Waals surface area (Å²) >= 11 is 0. The van der Waals surface area contributed by atoms with Gasteiger partial charge < -0.3 is 19.4 Å². The zero-order valence-electron chi connectivity index (χ0n) is 19.5. The number of anilines is 1. The maximum absolute atomic E-state index is 13.5. The first-order chi connectivity index (χ1) is 17.4. The SMILES string of the molecule is O=C(Nc1cccn([C@@H]2C[C@@H]2F)c1=O)c1cn2cc(C34COC(CF)(C3)C4)nc2nc1OC1CCC1. The van der Waals surface area contributed by atoms with Gasteiger partial charge in [-0.1, -0.05) is 0 Å². The Hall–Kier alpha value is -3.34. The molecule has 0 spiro atoms. The van der Waals surface area contributed by atoms with Gasteiger partial charge in [-0.15, -0.1) is 0 Å².